The maximum Gasteiger partial charge on any atom is 0.294 e. The van der Waals surface area contributed by atoms with Crippen molar-refractivity contribution >= 4 is 22.8 Å². The van der Waals surface area contributed by atoms with Gasteiger partial charge in [-0.2, -0.15) is 0 Å². The van der Waals surface area contributed by atoms with Crippen molar-refractivity contribution in [2.45, 2.75) is 20.4 Å². The van der Waals surface area contributed by atoms with Gasteiger partial charge in [0.05, 0.1) is 30.8 Å². The first-order valence-corrected chi connectivity index (χ1v) is 11.2. The lowest BCUT2D eigenvalue weighted by Gasteiger charge is -2.35. The summed E-state index contributed by atoms with van der Waals surface area (Å²) >= 11 is 0. The first kappa shape index (κ1) is 22.6. The molecule has 1 aromatic heterocycles. The highest BCUT2D eigenvalue weighted by Crippen LogP contribution is 2.26. The van der Waals surface area contributed by atoms with Gasteiger partial charge in [-0.1, -0.05) is 26.0 Å². The highest BCUT2D eigenvalue weighted by molar-refractivity contribution is 5.97. The minimum atomic E-state index is -0.0992. The zero-order valence-electron chi connectivity index (χ0n) is 19.6. The van der Waals surface area contributed by atoms with Crippen LogP contribution in [0.3, 0.4) is 0 Å². The van der Waals surface area contributed by atoms with Crippen LogP contribution in [0.15, 0.2) is 47.3 Å². The number of ether oxygens (including phenoxy) is 2. The Morgan fingerprint density at radius 2 is 1.76 bits per heavy atom. The Morgan fingerprint density at radius 3 is 2.42 bits per heavy atom. The van der Waals surface area contributed by atoms with Gasteiger partial charge in [0, 0.05) is 38.8 Å². The molecule has 4 rings (SSSR count). The van der Waals surface area contributed by atoms with Crippen LogP contribution in [0.5, 0.6) is 11.5 Å². The highest BCUT2D eigenvalue weighted by atomic mass is 16.5. The second-order valence-electron chi connectivity index (χ2n) is 8.58. The third-order valence-corrected chi connectivity index (χ3v) is 5.89. The molecule has 1 saturated heterocycles. The maximum absolute atomic E-state index is 13.3. The van der Waals surface area contributed by atoms with Gasteiger partial charge in [0.15, 0.2) is 5.82 Å². The van der Waals surface area contributed by atoms with E-state index in [0.29, 0.717) is 61.5 Å². The lowest BCUT2D eigenvalue weighted by Crippen LogP contribution is -2.50. The molecule has 2 aromatic carbocycles. The fraction of sp³-hybridized carbons (Fsp3) is 0.400. The quantitative estimate of drug-likeness (QED) is 0.575. The molecule has 1 amide bonds. The van der Waals surface area contributed by atoms with E-state index in [-0.39, 0.29) is 11.5 Å². The number of piperazine rings is 1. The zero-order chi connectivity index (χ0) is 23.5. The van der Waals surface area contributed by atoms with Crippen molar-refractivity contribution in [3.8, 4) is 11.5 Å². The normalized spacial score (nSPS) is 14.1. The molecule has 0 aliphatic carbocycles. The second-order valence-corrected chi connectivity index (χ2v) is 8.58. The number of methoxy groups -OCH3 is 2. The molecule has 0 N–H and O–H groups in total. The number of nitrogens with zero attached hydrogens (tertiary/aromatic N) is 4. The zero-order valence-corrected chi connectivity index (χ0v) is 19.6. The van der Waals surface area contributed by atoms with E-state index in [4.69, 9.17) is 14.5 Å². The van der Waals surface area contributed by atoms with Crippen molar-refractivity contribution in [3.05, 3.63) is 58.4 Å². The van der Waals surface area contributed by atoms with Crippen LogP contribution >= 0.6 is 0 Å². The average molecular weight is 451 g/mol. The molecule has 1 aliphatic rings. The van der Waals surface area contributed by atoms with Gasteiger partial charge in [-0.3, -0.25) is 9.59 Å². The maximum atomic E-state index is 13.3. The summed E-state index contributed by atoms with van der Waals surface area (Å²) < 4.78 is 12.4. The van der Waals surface area contributed by atoms with Gasteiger partial charge >= 0.3 is 0 Å². The van der Waals surface area contributed by atoms with E-state index in [1.165, 1.54) is 7.11 Å². The van der Waals surface area contributed by atoms with Crippen LogP contribution in [-0.4, -0.2) is 60.8 Å². The molecule has 1 aliphatic heterocycles. The van der Waals surface area contributed by atoms with E-state index >= 15 is 0 Å². The second kappa shape index (κ2) is 9.52. The molecule has 0 bridgehead atoms. The Balaban J connectivity index is 1.57. The van der Waals surface area contributed by atoms with Crippen LogP contribution in [0.4, 0.5) is 5.82 Å². The number of hydrogen-bond acceptors (Lipinski definition) is 6. The van der Waals surface area contributed by atoms with Gasteiger partial charge in [-0.15, -0.1) is 0 Å². The Kier molecular flexibility index (Phi) is 6.53. The van der Waals surface area contributed by atoms with Crippen LogP contribution in [0, 0.1) is 5.92 Å². The van der Waals surface area contributed by atoms with Crippen molar-refractivity contribution in [1.29, 1.82) is 0 Å². The predicted molar refractivity (Wildman–Crippen MR) is 129 cm³/mol. The van der Waals surface area contributed by atoms with Crippen molar-refractivity contribution in [3.63, 3.8) is 0 Å². The fourth-order valence-corrected chi connectivity index (χ4v) is 4.20. The third kappa shape index (κ3) is 4.51. The van der Waals surface area contributed by atoms with Gasteiger partial charge in [-0.25, -0.2) is 4.98 Å². The summed E-state index contributed by atoms with van der Waals surface area (Å²) in [6.45, 7) is 6.88. The minimum absolute atomic E-state index is 0.0843. The first-order valence-electron chi connectivity index (χ1n) is 11.2. The Hall–Kier alpha value is -3.55. The van der Waals surface area contributed by atoms with Gasteiger partial charge in [-0.05, 0) is 30.2 Å². The van der Waals surface area contributed by atoms with E-state index in [2.05, 4.69) is 13.8 Å². The number of rotatable bonds is 6. The van der Waals surface area contributed by atoms with Crippen LogP contribution in [0.1, 0.15) is 24.2 Å². The summed E-state index contributed by atoms with van der Waals surface area (Å²) in [7, 11) is 3.11. The Labute approximate surface area is 193 Å². The molecule has 8 heteroatoms. The van der Waals surface area contributed by atoms with Crippen LogP contribution in [-0.2, 0) is 6.54 Å². The summed E-state index contributed by atoms with van der Waals surface area (Å²) in [4.78, 5) is 35.0. The van der Waals surface area contributed by atoms with E-state index in [1.54, 1.807) is 30.2 Å². The molecule has 3 aromatic rings. The van der Waals surface area contributed by atoms with Crippen molar-refractivity contribution in [2.24, 2.45) is 5.92 Å². The van der Waals surface area contributed by atoms with Gasteiger partial charge in [0.2, 0.25) is 0 Å². The smallest absolute Gasteiger partial charge is 0.294 e. The fourth-order valence-electron chi connectivity index (χ4n) is 4.20. The molecule has 0 saturated carbocycles. The number of para-hydroxylation sites is 2. The number of amides is 1. The van der Waals surface area contributed by atoms with Crippen LogP contribution in [0.25, 0.3) is 11.0 Å². The molecule has 0 atom stereocenters. The number of benzene rings is 2. The SMILES string of the molecule is COc1ccc(C(=O)N2CCN(c3nc4ccccc4n(CC(C)C)c3=O)CC2)c(OC)c1. The summed E-state index contributed by atoms with van der Waals surface area (Å²) in [5.74, 6) is 1.79. The van der Waals surface area contributed by atoms with E-state index in [9.17, 15) is 9.59 Å². The number of aromatic nitrogens is 2. The minimum Gasteiger partial charge on any atom is -0.497 e. The monoisotopic (exact) mass is 450 g/mol. The molecule has 0 unspecified atom stereocenters. The molecule has 2 heterocycles. The lowest BCUT2D eigenvalue weighted by molar-refractivity contribution is 0.0743. The molecule has 0 spiro atoms. The lowest BCUT2D eigenvalue weighted by atomic mass is 10.1. The highest BCUT2D eigenvalue weighted by Gasteiger charge is 2.27. The number of carbonyl (C=O) groups excluding carboxylic acids is 1. The van der Waals surface area contributed by atoms with Crippen LogP contribution in [0.2, 0.25) is 0 Å². The summed E-state index contributed by atoms with van der Waals surface area (Å²) in [5.41, 5.74) is 2.06. The standard InChI is InChI=1S/C25H30N4O4/c1-17(2)16-29-21-8-6-5-7-20(21)26-23(25(29)31)27-11-13-28(14-12-27)24(30)19-10-9-18(32-3)15-22(19)33-4/h5-10,15,17H,11-14,16H2,1-4H3. The Bertz CT molecular complexity index is 1210. The van der Waals surface area contributed by atoms with Crippen LogP contribution < -0.4 is 19.9 Å². The van der Waals surface area contributed by atoms with Gasteiger partial charge in [0.1, 0.15) is 11.5 Å². The van der Waals surface area contributed by atoms with Gasteiger partial charge in [0.25, 0.3) is 11.5 Å². The van der Waals surface area contributed by atoms with Crippen molar-refractivity contribution in [2.75, 3.05) is 45.3 Å². The average Bonchev–Trinajstić information content (AvgIpc) is 2.84. The molecular formula is C25H30N4O4. The molecule has 33 heavy (non-hydrogen) atoms. The van der Waals surface area contributed by atoms with E-state index < -0.39 is 0 Å². The molecular weight excluding hydrogens is 420 g/mol. The summed E-state index contributed by atoms with van der Waals surface area (Å²) in [6.07, 6.45) is 0. The molecule has 8 nitrogen and oxygen atoms in total. The van der Waals surface area contributed by atoms with Crippen molar-refractivity contribution in [1.82, 2.24) is 14.5 Å². The molecule has 174 valence electrons. The Morgan fingerprint density at radius 1 is 1.03 bits per heavy atom. The largest absolute Gasteiger partial charge is 0.497 e. The summed E-state index contributed by atoms with van der Waals surface area (Å²) in [6, 6.07) is 12.9. The third-order valence-electron chi connectivity index (χ3n) is 5.89. The topological polar surface area (TPSA) is 76.9 Å². The molecule has 0 radical (unpaired) electrons. The van der Waals surface area contributed by atoms with E-state index in [1.807, 2.05) is 33.7 Å². The van der Waals surface area contributed by atoms with Gasteiger partial charge < -0.3 is 23.8 Å². The first-order chi connectivity index (χ1) is 15.9. The summed E-state index contributed by atoms with van der Waals surface area (Å²) in [5, 5.41) is 0. The van der Waals surface area contributed by atoms with E-state index in [0.717, 1.165) is 11.0 Å². The molecule has 1 fully saturated rings. The number of anilines is 1. The van der Waals surface area contributed by atoms with Crippen molar-refractivity contribution < 1.29 is 14.3 Å². The number of carbonyl (C=O) groups is 1. The predicted octanol–water partition coefficient (Wildman–Crippen LogP) is 3.03. The number of hydrogen-bond donors (Lipinski definition) is 0. The number of fused-ring (bicyclic) bond motifs is 1.